The van der Waals surface area contributed by atoms with Crippen molar-refractivity contribution >= 4 is 46.9 Å². The lowest BCUT2D eigenvalue weighted by atomic mass is 9.93. The van der Waals surface area contributed by atoms with E-state index in [2.05, 4.69) is 55.9 Å². The average molecular weight is 566 g/mol. The van der Waals surface area contributed by atoms with Gasteiger partial charge < -0.3 is 9.80 Å². The SMILES string of the molecule is CN1CCC(CC(=O)N2CCN([C@H]3c4ccc(Cl)cc4CCc4cc(Br)cnc43)CC2)CC1.S. The van der Waals surface area contributed by atoms with Gasteiger partial charge in [-0.1, -0.05) is 17.7 Å². The number of nitrogens with zero attached hydrogens (tertiary/aromatic N) is 4. The zero-order valence-corrected chi connectivity index (χ0v) is 23.1. The molecule has 0 N–H and O–H groups in total. The summed E-state index contributed by atoms with van der Waals surface area (Å²) in [5.41, 5.74) is 5.05. The Kier molecular flexibility index (Phi) is 8.62. The second kappa shape index (κ2) is 11.3. The normalized spacial score (nSPS) is 21.9. The number of likely N-dealkylation sites (tertiary alicyclic amines) is 1. The molecule has 5 rings (SSSR count). The Morgan fingerprint density at radius 2 is 1.76 bits per heavy atom. The topological polar surface area (TPSA) is 39.7 Å². The van der Waals surface area contributed by atoms with Crippen LogP contribution in [0.4, 0.5) is 0 Å². The number of benzene rings is 1. The Morgan fingerprint density at radius 3 is 2.50 bits per heavy atom. The van der Waals surface area contributed by atoms with E-state index in [-0.39, 0.29) is 19.5 Å². The molecule has 2 aromatic rings. The molecule has 1 amide bonds. The number of aryl methyl sites for hydroxylation is 2. The Balaban J connectivity index is 0.00000274. The summed E-state index contributed by atoms with van der Waals surface area (Å²) in [4.78, 5) is 24.9. The number of piperidine rings is 1. The summed E-state index contributed by atoms with van der Waals surface area (Å²) in [5, 5.41) is 0.789. The lowest BCUT2D eigenvalue weighted by Crippen LogP contribution is -2.50. The van der Waals surface area contributed by atoms with Gasteiger partial charge in [-0.05, 0) is 103 Å². The second-order valence-electron chi connectivity index (χ2n) is 9.81. The van der Waals surface area contributed by atoms with E-state index in [9.17, 15) is 4.79 Å². The van der Waals surface area contributed by atoms with Crippen LogP contribution in [0, 0.1) is 5.92 Å². The van der Waals surface area contributed by atoms with Gasteiger partial charge in [-0.15, -0.1) is 0 Å². The van der Waals surface area contributed by atoms with Crippen molar-refractivity contribution in [1.29, 1.82) is 0 Å². The molecular weight excluding hydrogens is 532 g/mol. The first-order valence-electron chi connectivity index (χ1n) is 12.1. The van der Waals surface area contributed by atoms with E-state index in [4.69, 9.17) is 16.6 Å². The molecule has 0 bridgehead atoms. The van der Waals surface area contributed by atoms with Crippen LogP contribution in [-0.2, 0) is 17.6 Å². The van der Waals surface area contributed by atoms with Gasteiger partial charge >= 0.3 is 0 Å². The van der Waals surface area contributed by atoms with E-state index < -0.39 is 0 Å². The first-order valence-corrected chi connectivity index (χ1v) is 13.3. The fourth-order valence-electron chi connectivity index (χ4n) is 5.65. The Morgan fingerprint density at radius 1 is 1.06 bits per heavy atom. The number of fused-ring (bicyclic) bond motifs is 2. The average Bonchev–Trinajstić information content (AvgIpc) is 2.97. The Labute approximate surface area is 223 Å². The molecular formula is C26H34BrClN4OS. The van der Waals surface area contributed by atoms with Crippen LogP contribution in [0.15, 0.2) is 34.9 Å². The van der Waals surface area contributed by atoms with E-state index in [0.717, 1.165) is 80.1 Å². The van der Waals surface area contributed by atoms with Crippen LogP contribution in [0.3, 0.4) is 0 Å². The molecule has 1 aliphatic carbocycles. The van der Waals surface area contributed by atoms with Gasteiger partial charge in [0.1, 0.15) is 0 Å². The molecule has 0 unspecified atom stereocenters. The third-order valence-electron chi connectivity index (χ3n) is 7.62. The van der Waals surface area contributed by atoms with Crippen molar-refractivity contribution in [3.63, 3.8) is 0 Å². The number of carbonyl (C=O) groups is 1. The summed E-state index contributed by atoms with van der Waals surface area (Å²) in [6, 6.07) is 8.61. The van der Waals surface area contributed by atoms with E-state index in [1.165, 1.54) is 16.7 Å². The minimum absolute atomic E-state index is 0. The summed E-state index contributed by atoms with van der Waals surface area (Å²) < 4.78 is 1.02. The van der Waals surface area contributed by atoms with Crippen LogP contribution < -0.4 is 0 Å². The van der Waals surface area contributed by atoms with Crippen molar-refractivity contribution in [2.24, 2.45) is 5.92 Å². The minimum Gasteiger partial charge on any atom is -0.340 e. The summed E-state index contributed by atoms with van der Waals surface area (Å²) in [6.45, 7) is 5.53. The van der Waals surface area contributed by atoms with Gasteiger partial charge in [-0.3, -0.25) is 14.7 Å². The number of amides is 1. The van der Waals surface area contributed by atoms with Crippen LogP contribution in [0.5, 0.6) is 0 Å². The molecule has 0 radical (unpaired) electrons. The summed E-state index contributed by atoms with van der Waals surface area (Å²) in [7, 11) is 2.17. The van der Waals surface area contributed by atoms with Crippen molar-refractivity contribution in [3.8, 4) is 0 Å². The van der Waals surface area contributed by atoms with Crippen LogP contribution in [-0.4, -0.2) is 71.9 Å². The van der Waals surface area contributed by atoms with Gasteiger partial charge in [0.2, 0.25) is 5.91 Å². The highest BCUT2D eigenvalue weighted by Crippen LogP contribution is 2.38. The van der Waals surface area contributed by atoms with Crippen molar-refractivity contribution in [2.75, 3.05) is 46.3 Å². The van der Waals surface area contributed by atoms with Crippen molar-refractivity contribution in [2.45, 2.75) is 38.1 Å². The largest absolute Gasteiger partial charge is 0.340 e. The lowest BCUT2D eigenvalue weighted by Gasteiger charge is -2.40. The predicted octanol–water partition coefficient (Wildman–Crippen LogP) is 4.67. The molecule has 1 atom stereocenters. The van der Waals surface area contributed by atoms with Gasteiger partial charge in [0.15, 0.2) is 0 Å². The summed E-state index contributed by atoms with van der Waals surface area (Å²) in [5.74, 6) is 0.874. The Hall–Kier alpha value is -1.12. The Bertz CT molecular complexity index is 968. The van der Waals surface area contributed by atoms with Gasteiger partial charge in [0.05, 0.1) is 11.7 Å². The first-order chi connectivity index (χ1) is 16.0. The molecule has 184 valence electrons. The molecule has 5 nitrogen and oxygen atoms in total. The zero-order valence-electron chi connectivity index (χ0n) is 19.8. The summed E-state index contributed by atoms with van der Waals surface area (Å²) >= 11 is 9.96. The maximum absolute atomic E-state index is 13.0. The van der Waals surface area contributed by atoms with Gasteiger partial charge in [0, 0.05) is 48.3 Å². The molecule has 0 saturated carbocycles. The number of hydrogen-bond donors (Lipinski definition) is 0. The standard InChI is InChI=1S/C26H32BrClN4O.H2S/c1-30-8-6-18(7-9-30)14-24(33)31-10-12-32(13-11-31)26-23-5-4-22(28)16-19(23)2-3-20-15-21(27)17-29-25(20)26;/h4-5,15-18,26H,2-3,6-14H2,1H3;1H2/t26-;/m0./s1. The van der Waals surface area contributed by atoms with Gasteiger partial charge in [0.25, 0.3) is 0 Å². The van der Waals surface area contributed by atoms with Crippen molar-refractivity contribution in [1.82, 2.24) is 19.7 Å². The highest BCUT2D eigenvalue weighted by atomic mass is 79.9. The van der Waals surface area contributed by atoms with Crippen molar-refractivity contribution in [3.05, 3.63) is 62.3 Å². The van der Waals surface area contributed by atoms with Crippen LogP contribution in [0.25, 0.3) is 0 Å². The molecule has 2 aliphatic heterocycles. The number of aromatic nitrogens is 1. The molecule has 3 aliphatic rings. The highest BCUT2D eigenvalue weighted by Gasteiger charge is 2.33. The molecule has 3 heterocycles. The molecule has 2 saturated heterocycles. The molecule has 2 fully saturated rings. The van der Waals surface area contributed by atoms with Crippen LogP contribution >= 0.6 is 41.0 Å². The first kappa shape index (κ1) is 26.0. The van der Waals surface area contributed by atoms with Crippen LogP contribution in [0.2, 0.25) is 5.02 Å². The van der Waals surface area contributed by atoms with Gasteiger partial charge in [-0.2, -0.15) is 13.5 Å². The third-order valence-corrected chi connectivity index (χ3v) is 8.29. The lowest BCUT2D eigenvalue weighted by molar-refractivity contribution is -0.134. The van der Waals surface area contributed by atoms with E-state index in [0.29, 0.717) is 18.2 Å². The number of piperazine rings is 1. The smallest absolute Gasteiger partial charge is 0.222 e. The number of rotatable bonds is 3. The highest BCUT2D eigenvalue weighted by molar-refractivity contribution is 9.10. The van der Waals surface area contributed by atoms with Gasteiger partial charge in [-0.25, -0.2) is 0 Å². The minimum atomic E-state index is 0. The fraction of sp³-hybridized carbons (Fsp3) is 0.538. The number of carbonyl (C=O) groups excluding carboxylic acids is 1. The molecule has 1 aromatic heterocycles. The maximum Gasteiger partial charge on any atom is 0.222 e. The maximum atomic E-state index is 13.0. The van der Waals surface area contributed by atoms with E-state index >= 15 is 0 Å². The predicted molar refractivity (Wildman–Crippen MR) is 146 cm³/mol. The third kappa shape index (κ3) is 5.65. The monoisotopic (exact) mass is 564 g/mol. The second-order valence-corrected chi connectivity index (χ2v) is 11.2. The number of pyridine rings is 1. The fourth-order valence-corrected chi connectivity index (χ4v) is 6.23. The quantitative estimate of drug-likeness (QED) is 0.542. The number of hydrogen-bond acceptors (Lipinski definition) is 4. The van der Waals surface area contributed by atoms with Crippen molar-refractivity contribution < 1.29 is 4.79 Å². The van der Waals surface area contributed by atoms with E-state index in [1.54, 1.807) is 0 Å². The summed E-state index contributed by atoms with van der Waals surface area (Å²) in [6.07, 6.45) is 6.82. The molecule has 0 spiro atoms. The number of halogens is 2. The molecule has 34 heavy (non-hydrogen) atoms. The van der Waals surface area contributed by atoms with E-state index in [1.807, 2.05) is 12.3 Å². The zero-order chi connectivity index (χ0) is 22.9. The van der Waals surface area contributed by atoms with Crippen LogP contribution in [0.1, 0.15) is 47.7 Å². The molecule has 1 aromatic carbocycles. The molecule has 8 heteroatoms.